The van der Waals surface area contributed by atoms with Crippen LogP contribution >= 0.6 is 11.8 Å². The number of aliphatic imine (C=N–C) groups is 1. The Morgan fingerprint density at radius 3 is 2.63 bits per heavy atom. The number of carbonyl (C=O) groups is 1. The highest BCUT2D eigenvalue weighted by atomic mass is 32.2. The maximum absolute atomic E-state index is 12.7. The lowest BCUT2D eigenvalue weighted by molar-refractivity contribution is -0.122. The third-order valence-corrected chi connectivity index (χ3v) is 6.57. The van der Waals surface area contributed by atoms with Crippen molar-refractivity contribution in [3.05, 3.63) is 34.2 Å². The molecule has 1 atom stereocenters. The molecule has 0 aromatic heterocycles. The van der Waals surface area contributed by atoms with E-state index in [1.54, 1.807) is 4.90 Å². The molecule has 1 fully saturated rings. The van der Waals surface area contributed by atoms with Gasteiger partial charge in [0.05, 0.1) is 4.91 Å². The Balaban J connectivity index is 1.96. The molecule has 0 aliphatic carbocycles. The monoisotopic (exact) mass is 385 g/mol. The van der Waals surface area contributed by atoms with Crippen LogP contribution in [-0.4, -0.2) is 41.1 Å². The van der Waals surface area contributed by atoms with Gasteiger partial charge in [-0.15, -0.1) is 0 Å². The normalized spacial score (nSPS) is 24.8. The molecule has 1 aromatic rings. The number of amidine groups is 1. The second-order valence-corrected chi connectivity index (χ2v) is 8.91. The summed E-state index contributed by atoms with van der Waals surface area (Å²) >= 11 is 1.49. The molecule has 4 nitrogen and oxygen atoms in total. The van der Waals surface area contributed by atoms with Gasteiger partial charge < -0.3 is 4.90 Å². The van der Waals surface area contributed by atoms with E-state index in [-0.39, 0.29) is 11.4 Å². The van der Waals surface area contributed by atoms with Gasteiger partial charge in [-0.3, -0.25) is 14.7 Å². The van der Waals surface area contributed by atoms with Crippen LogP contribution in [0.3, 0.4) is 0 Å². The fourth-order valence-corrected chi connectivity index (χ4v) is 5.49. The smallest absolute Gasteiger partial charge is 0.266 e. The molecule has 0 radical (unpaired) electrons. The summed E-state index contributed by atoms with van der Waals surface area (Å²) in [5, 5.41) is 0.821. The highest BCUT2D eigenvalue weighted by molar-refractivity contribution is 8.18. The van der Waals surface area contributed by atoms with Crippen molar-refractivity contribution in [2.24, 2.45) is 4.99 Å². The number of benzene rings is 1. The van der Waals surface area contributed by atoms with E-state index in [1.807, 2.05) is 19.9 Å². The molecule has 1 aromatic carbocycles. The van der Waals surface area contributed by atoms with E-state index in [9.17, 15) is 4.79 Å². The lowest BCUT2D eigenvalue weighted by Gasteiger charge is -2.47. The number of thioether (sulfide) groups is 1. The van der Waals surface area contributed by atoms with Crippen LogP contribution in [0.1, 0.15) is 65.0 Å². The maximum atomic E-state index is 12.7. The molecule has 146 valence electrons. The average Bonchev–Trinajstić information content (AvgIpc) is 2.90. The first-order chi connectivity index (χ1) is 12.8. The highest BCUT2D eigenvalue weighted by Gasteiger charge is 2.36. The van der Waals surface area contributed by atoms with Crippen molar-refractivity contribution >= 4 is 34.6 Å². The Morgan fingerprint density at radius 1 is 1.26 bits per heavy atom. The summed E-state index contributed by atoms with van der Waals surface area (Å²) in [5.41, 5.74) is 3.99. The van der Waals surface area contributed by atoms with Gasteiger partial charge in [0.1, 0.15) is 0 Å². The van der Waals surface area contributed by atoms with Gasteiger partial charge in [0.2, 0.25) is 0 Å². The summed E-state index contributed by atoms with van der Waals surface area (Å²) in [6.07, 6.45) is 3.16. The number of carbonyl (C=O) groups excluding carboxylic acids is 1. The zero-order valence-electron chi connectivity index (χ0n) is 17.4. The van der Waals surface area contributed by atoms with E-state index in [2.05, 4.69) is 55.8 Å². The predicted octanol–water partition coefficient (Wildman–Crippen LogP) is 5.11. The zero-order valence-corrected chi connectivity index (χ0v) is 18.2. The molecule has 1 unspecified atom stereocenters. The van der Waals surface area contributed by atoms with Crippen LogP contribution in [0, 0.1) is 0 Å². The Hall–Kier alpha value is -1.75. The maximum Gasteiger partial charge on any atom is 0.266 e. The molecule has 1 saturated heterocycles. The fourth-order valence-electron chi connectivity index (χ4n) is 4.39. The van der Waals surface area contributed by atoms with Gasteiger partial charge in [0, 0.05) is 30.9 Å². The second-order valence-electron chi connectivity index (χ2n) is 7.90. The van der Waals surface area contributed by atoms with Crippen molar-refractivity contribution in [1.29, 1.82) is 0 Å². The molecule has 2 heterocycles. The molecule has 0 N–H and O–H groups in total. The molecule has 3 rings (SSSR count). The SMILES string of the molecule is CCN=C1S/C(=C\c2ccc3c(c2)C(C)CC(C)(C)N3CC)C(=O)N1CC. The minimum Gasteiger partial charge on any atom is -0.366 e. The van der Waals surface area contributed by atoms with Crippen LogP contribution in [0.25, 0.3) is 6.08 Å². The summed E-state index contributed by atoms with van der Waals surface area (Å²) in [5.74, 6) is 0.573. The Kier molecular flexibility index (Phi) is 5.71. The lowest BCUT2D eigenvalue weighted by Crippen LogP contribution is -2.48. The Bertz CT molecular complexity index is 797. The number of fused-ring (bicyclic) bond motifs is 1. The van der Waals surface area contributed by atoms with E-state index in [4.69, 9.17) is 0 Å². The first kappa shape index (κ1) is 20.0. The van der Waals surface area contributed by atoms with E-state index in [0.29, 0.717) is 19.0 Å². The third kappa shape index (κ3) is 3.66. The van der Waals surface area contributed by atoms with E-state index >= 15 is 0 Å². The van der Waals surface area contributed by atoms with E-state index in [1.165, 1.54) is 23.0 Å². The molecule has 0 saturated carbocycles. The third-order valence-electron chi connectivity index (χ3n) is 5.52. The van der Waals surface area contributed by atoms with Gasteiger partial charge in [-0.25, -0.2) is 0 Å². The van der Waals surface area contributed by atoms with Gasteiger partial charge in [-0.2, -0.15) is 0 Å². The highest BCUT2D eigenvalue weighted by Crippen LogP contribution is 2.44. The summed E-state index contributed by atoms with van der Waals surface area (Å²) in [6, 6.07) is 6.64. The minimum atomic E-state index is 0.0665. The molecule has 27 heavy (non-hydrogen) atoms. The summed E-state index contributed by atoms with van der Waals surface area (Å²) < 4.78 is 0. The summed E-state index contributed by atoms with van der Waals surface area (Å²) in [6.45, 7) is 15.5. The van der Waals surface area contributed by atoms with Gasteiger partial charge >= 0.3 is 0 Å². The minimum absolute atomic E-state index is 0.0665. The van der Waals surface area contributed by atoms with Crippen LogP contribution in [0.2, 0.25) is 0 Å². The van der Waals surface area contributed by atoms with Crippen LogP contribution in [0.4, 0.5) is 5.69 Å². The molecule has 0 spiro atoms. The standard InChI is InChI=1S/C22H31N3OS/c1-7-23-21-24(8-2)20(26)19(27-21)13-16-10-11-18-17(12-16)15(4)14-22(5,6)25(18)9-3/h10-13,15H,7-9,14H2,1-6H3/b19-13-,23-21?. The van der Waals surface area contributed by atoms with Crippen molar-refractivity contribution in [2.45, 2.75) is 59.4 Å². The first-order valence-corrected chi connectivity index (χ1v) is 10.8. The molecule has 5 heteroatoms. The quantitative estimate of drug-likeness (QED) is 0.676. The van der Waals surface area contributed by atoms with Crippen molar-refractivity contribution in [1.82, 2.24) is 4.90 Å². The van der Waals surface area contributed by atoms with Crippen molar-refractivity contribution < 1.29 is 4.79 Å². The number of hydrogen-bond donors (Lipinski definition) is 0. The molecule has 0 bridgehead atoms. The molecule has 2 aliphatic heterocycles. The number of hydrogen-bond acceptors (Lipinski definition) is 4. The molecule has 1 amide bonds. The lowest BCUT2D eigenvalue weighted by atomic mass is 9.79. The Morgan fingerprint density at radius 2 is 2.00 bits per heavy atom. The van der Waals surface area contributed by atoms with E-state index in [0.717, 1.165) is 28.6 Å². The first-order valence-electron chi connectivity index (χ1n) is 9.99. The molecule has 2 aliphatic rings. The average molecular weight is 386 g/mol. The van der Waals surface area contributed by atoms with Gasteiger partial charge in [0.25, 0.3) is 5.91 Å². The molecular formula is C22H31N3OS. The zero-order chi connectivity index (χ0) is 19.8. The van der Waals surface area contributed by atoms with Gasteiger partial charge in [-0.05, 0) is 88.1 Å². The number of amides is 1. The second kappa shape index (κ2) is 7.70. The predicted molar refractivity (Wildman–Crippen MR) is 118 cm³/mol. The van der Waals surface area contributed by atoms with Crippen LogP contribution < -0.4 is 4.90 Å². The Labute approximate surface area is 167 Å². The molecular weight excluding hydrogens is 354 g/mol. The number of likely N-dealkylation sites (N-methyl/N-ethyl adjacent to an activating group) is 1. The summed E-state index contributed by atoms with van der Waals surface area (Å²) in [7, 11) is 0. The van der Waals surface area contributed by atoms with Gasteiger partial charge in [0.15, 0.2) is 5.17 Å². The topological polar surface area (TPSA) is 35.9 Å². The number of nitrogens with zero attached hydrogens (tertiary/aromatic N) is 3. The van der Waals surface area contributed by atoms with E-state index < -0.39 is 0 Å². The van der Waals surface area contributed by atoms with Crippen molar-refractivity contribution in [3.8, 4) is 0 Å². The van der Waals surface area contributed by atoms with Crippen LogP contribution in [-0.2, 0) is 4.79 Å². The van der Waals surface area contributed by atoms with Crippen molar-refractivity contribution in [2.75, 3.05) is 24.5 Å². The van der Waals surface area contributed by atoms with Gasteiger partial charge in [-0.1, -0.05) is 13.0 Å². The summed E-state index contributed by atoms with van der Waals surface area (Å²) in [4.78, 5) is 22.2. The van der Waals surface area contributed by atoms with Crippen LogP contribution in [0.15, 0.2) is 28.1 Å². The van der Waals surface area contributed by atoms with Crippen molar-refractivity contribution in [3.63, 3.8) is 0 Å². The van der Waals surface area contributed by atoms with Crippen LogP contribution in [0.5, 0.6) is 0 Å². The number of anilines is 1. The largest absolute Gasteiger partial charge is 0.366 e. The number of rotatable bonds is 4. The fraction of sp³-hybridized carbons (Fsp3) is 0.545.